The van der Waals surface area contributed by atoms with Gasteiger partial charge in [0.1, 0.15) is 5.76 Å². The van der Waals surface area contributed by atoms with E-state index >= 15 is 0 Å². The van der Waals surface area contributed by atoms with E-state index in [-0.39, 0.29) is 18.0 Å². The summed E-state index contributed by atoms with van der Waals surface area (Å²) in [5.74, 6) is 0.815. The van der Waals surface area contributed by atoms with Crippen LogP contribution in [0.5, 0.6) is 0 Å². The van der Waals surface area contributed by atoms with Crippen LogP contribution >= 0.6 is 0 Å². The molecule has 0 aliphatic carbocycles. The van der Waals surface area contributed by atoms with Crippen LogP contribution in [0.15, 0.2) is 53.1 Å². The van der Waals surface area contributed by atoms with Gasteiger partial charge in [-0.2, -0.15) is 0 Å². The molecular formula is C21H27N4O3+. The highest BCUT2D eigenvalue weighted by molar-refractivity contribution is 5.89. The van der Waals surface area contributed by atoms with E-state index in [1.807, 2.05) is 42.5 Å². The molecule has 3 heterocycles. The van der Waals surface area contributed by atoms with Crippen LogP contribution in [0.2, 0.25) is 0 Å². The molecule has 0 spiro atoms. The van der Waals surface area contributed by atoms with Crippen LogP contribution in [0.3, 0.4) is 0 Å². The molecule has 4 N–H and O–H groups in total. The van der Waals surface area contributed by atoms with E-state index < -0.39 is 0 Å². The largest absolute Gasteiger partial charge is 0.467 e. The first-order valence-electron chi connectivity index (χ1n) is 9.94. The number of piperidine rings is 1. The average molecular weight is 383 g/mol. The lowest BCUT2D eigenvalue weighted by molar-refractivity contribution is -0.934. The Hall–Kier alpha value is -2.80. The molecule has 2 aromatic rings. The van der Waals surface area contributed by atoms with E-state index in [4.69, 9.17) is 4.42 Å². The number of rotatable bonds is 6. The summed E-state index contributed by atoms with van der Waals surface area (Å²) in [5.41, 5.74) is 0.791. The summed E-state index contributed by atoms with van der Waals surface area (Å²) in [7, 11) is 0. The molecule has 1 aromatic heterocycles. The summed E-state index contributed by atoms with van der Waals surface area (Å²) in [5, 5.41) is 8.93. The first kappa shape index (κ1) is 18.6. The van der Waals surface area contributed by atoms with Crippen LogP contribution in [-0.2, 0) is 11.3 Å². The molecular weight excluding hydrogens is 356 g/mol. The predicted molar refractivity (Wildman–Crippen MR) is 105 cm³/mol. The quantitative estimate of drug-likeness (QED) is 0.606. The van der Waals surface area contributed by atoms with Crippen molar-refractivity contribution in [3.05, 3.63) is 54.5 Å². The highest BCUT2D eigenvalue weighted by Gasteiger charge is 2.45. The Morgan fingerprint density at radius 3 is 2.46 bits per heavy atom. The van der Waals surface area contributed by atoms with E-state index in [0.717, 1.165) is 37.1 Å². The number of nitrogens with one attached hydrogen (secondary N) is 4. The number of anilines is 1. The van der Waals surface area contributed by atoms with Gasteiger partial charge < -0.3 is 25.3 Å². The summed E-state index contributed by atoms with van der Waals surface area (Å²) in [6, 6.07) is 14.0. The Bertz CT molecular complexity index is 779. The lowest BCUT2D eigenvalue weighted by Gasteiger charge is -2.35. The van der Waals surface area contributed by atoms with Crippen LogP contribution in [-0.4, -0.2) is 36.6 Å². The summed E-state index contributed by atoms with van der Waals surface area (Å²) < 4.78 is 5.25. The third-order valence-corrected chi connectivity index (χ3v) is 5.82. The number of carbonyl (C=O) groups excluding carboxylic acids is 2. The van der Waals surface area contributed by atoms with Crippen molar-refractivity contribution >= 4 is 17.6 Å². The second-order valence-electron chi connectivity index (χ2n) is 7.71. The second-order valence-corrected chi connectivity index (χ2v) is 7.71. The molecule has 7 heteroatoms. The Morgan fingerprint density at radius 1 is 1.04 bits per heavy atom. The van der Waals surface area contributed by atoms with Crippen molar-refractivity contribution in [3.8, 4) is 0 Å². The van der Waals surface area contributed by atoms with Gasteiger partial charge in [0.25, 0.3) is 5.91 Å². The topological polar surface area (TPSA) is 87.8 Å². The van der Waals surface area contributed by atoms with E-state index in [1.165, 1.54) is 4.90 Å². The molecule has 28 heavy (non-hydrogen) atoms. The number of hydrogen-bond donors (Lipinski definition) is 4. The predicted octanol–water partition coefficient (Wildman–Crippen LogP) is 1.30. The molecule has 7 nitrogen and oxygen atoms in total. The van der Waals surface area contributed by atoms with Crippen LogP contribution in [0.25, 0.3) is 0 Å². The fourth-order valence-corrected chi connectivity index (χ4v) is 4.56. The maximum absolute atomic E-state index is 12.3. The van der Waals surface area contributed by atoms with Crippen molar-refractivity contribution in [1.29, 1.82) is 0 Å². The molecule has 2 aliphatic heterocycles. The van der Waals surface area contributed by atoms with Gasteiger partial charge in [-0.05, 0) is 24.3 Å². The van der Waals surface area contributed by atoms with E-state index in [0.29, 0.717) is 25.2 Å². The SMILES string of the molecule is O=C(C[NH+]1[C@@H]2CC[C@H]1CC(NC(=O)Nc1ccccc1)C2)NCc1ccco1. The fourth-order valence-electron chi connectivity index (χ4n) is 4.56. The van der Waals surface area contributed by atoms with Gasteiger partial charge in [-0.3, -0.25) is 4.79 Å². The number of urea groups is 1. The number of hydrogen-bond acceptors (Lipinski definition) is 3. The number of furan rings is 1. The standard InChI is InChI=1S/C21H26N4O3/c26-20(22-13-19-7-4-10-28-19)14-25-17-8-9-18(25)12-16(11-17)24-21(27)23-15-5-2-1-3-6-15/h1-7,10,16-18H,8-9,11-14H2,(H,22,26)(H2,23,24,27)/p+1/t16?,17-,18+. The molecule has 2 saturated heterocycles. The van der Waals surface area contributed by atoms with Crippen molar-refractivity contribution in [2.75, 3.05) is 11.9 Å². The Balaban J connectivity index is 1.24. The third-order valence-electron chi connectivity index (χ3n) is 5.82. The Labute approximate surface area is 164 Å². The number of benzene rings is 1. The van der Waals surface area contributed by atoms with Gasteiger partial charge in [-0.25, -0.2) is 4.79 Å². The lowest BCUT2D eigenvalue weighted by Crippen LogP contribution is -3.19. The summed E-state index contributed by atoms with van der Waals surface area (Å²) in [6.45, 7) is 0.914. The van der Waals surface area contributed by atoms with Crippen molar-refractivity contribution < 1.29 is 18.9 Å². The normalized spacial score (nSPS) is 25.9. The minimum Gasteiger partial charge on any atom is -0.467 e. The number of fused-ring (bicyclic) bond motifs is 2. The minimum atomic E-state index is -0.157. The molecule has 2 fully saturated rings. The van der Waals surface area contributed by atoms with Crippen LogP contribution in [0.1, 0.15) is 31.4 Å². The van der Waals surface area contributed by atoms with E-state index in [2.05, 4.69) is 16.0 Å². The first-order valence-corrected chi connectivity index (χ1v) is 9.94. The fraction of sp³-hybridized carbons (Fsp3) is 0.429. The maximum Gasteiger partial charge on any atom is 0.319 e. The molecule has 148 valence electrons. The molecule has 0 saturated carbocycles. The first-order chi connectivity index (χ1) is 13.7. The van der Waals surface area contributed by atoms with Gasteiger partial charge >= 0.3 is 6.03 Å². The molecule has 4 rings (SSSR count). The minimum absolute atomic E-state index is 0.0523. The molecule has 3 amide bonds. The van der Waals surface area contributed by atoms with Crippen molar-refractivity contribution in [3.63, 3.8) is 0 Å². The lowest BCUT2D eigenvalue weighted by atomic mass is 9.97. The molecule has 2 aliphatic rings. The highest BCUT2D eigenvalue weighted by atomic mass is 16.3. The Kier molecular flexibility index (Phi) is 5.62. The number of carbonyl (C=O) groups is 2. The van der Waals surface area contributed by atoms with Gasteiger partial charge in [0.15, 0.2) is 6.54 Å². The zero-order valence-electron chi connectivity index (χ0n) is 15.8. The van der Waals surface area contributed by atoms with Crippen LogP contribution in [0.4, 0.5) is 10.5 Å². The van der Waals surface area contributed by atoms with Crippen LogP contribution in [0, 0.1) is 0 Å². The third kappa shape index (κ3) is 4.54. The number of amides is 3. The van der Waals surface area contributed by atoms with Crippen molar-refractivity contribution in [1.82, 2.24) is 10.6 Å². The summed E-state index contributed by atoms with van der Waals surface area (Å²) in [4.78, 5) is 26.0. The van der Waals surface area contributed by atoms with Gasteiger partial charge in [0.2, 0.25) is 0 Å². The second kappa shape index (κ2) is 8.48. The van der Waals surface area contributed by atoms with Gasteiger partial charge in [-0.1, -0.05) is 18.2 Å². The van der Waals surface area contributed by atoms with Crippen molar-refractivity contribution in [2.45, 2.75) is 50.4 Å². The van der Waals surface area contributed by atoms with Gasteiger partial charge in [0, 0.05) is 37.4 Å². The maximum atomic E-state index is 12.3. The van der Waals surface area contributed by atoms with Crippen molar-refractivity contribution in [2.24, 2.45) is 0 Å². The molecule has 4 atom stereocenters. The highest BCUT2D eigenvalue weighted by Crippen LogP contribution is 2.23. The zero-order valence-corrected chi connectivity index (χ0v) is 15.8. The molecule has 2 bridgehead atoms. The van der Waals surface area contributed by atoms with Gasteiger partial charge in [0.05, 0.1) is 24.9 Å². The van der Waals surface area contributed by atoms with Gasteiger partial charge in [-0.15, -0.1) is 0 Å². The van der Waals surface area contributed by atoms with E-state index in [1.54, 1.807) is 6.26 Å². The molecule has 2 unspecified atom stereocenters. The zero-order chi connectivity index (χ0) is 19.3. The number of para-hydroxylation sites is 1. The summed E-state index contributed by atoms with van der Waals surface area (Å²) >= 11 is 0. The monoisotopic (exact) mass is 383 g/mol. The summed E-state index contributed by atoms with van der Waals surface area (Å²) in [6.07, 6.45) is 5.67. The van der Waals surface area contributed by atoms with E-state index in [9.17, 15) is 9.59 Å². The Morgan fingerprint density at radius 2 is 1.79 bits per heavy atom. The average Bonchev–Trinajstić information content (AvgIpc) is 3.27. The van der Waals surface area contributed by atoms with Crippen LogP contribution < -0.4 is 20.9 Å². The number of quaternary nitrogens is 1. The molecule has 0 radical (unpaired) electrons. The molecule has 1 aromatic carbocycles. The smallest absolute Gasteiger partial charge is 0.319 e.